The van der Waals surface area contributed by atoms with E-state index in [2.05, 4.69) is 10.6 Å². The first-order valence-corrected chi connectivity index (χ1v) is 8.01. The smallest absolute Gasteiger partial charge is 0.242 e. The van der Waals surface area contributed by atoms with E-state index in [0.717, 1.165) is 18.5 Å². The molecule has 0 spiro atoms. The second-order valence-electron chi connectivity index (χ2n) is 6.25. The van der Waals surface area contributed by atoms with Crippen LogP contribution < -0.4 is 15.5 Å². The van der Waals surface area contributed by atoms with E-state index in [0.29, 0.717) is 6.54 Å². The number of carbonyl (C=O) groups is 3. The maximum absolute atomic E-state index is 12.3. The Balaban J connectivity index is 1.56. The summed E-state index contributed by atoms with van der Waals surface area (Å²) < 4.78 is 0. The predicted octanol–water partition coefficient (Wildman–Crippen LogP) is 0.823. The van der Waals surface area contributed by atoms with Crippen LogP contribution in [0.5, 0.6) is 0 Å². The highest BCUT2D eigenvalue weighted by Gasteiger charge is 2.36. The fourth-order valence-electron chi connectivity index (χ4n) is 2.69. The molecule has 1 saturated carbocycles. The molecule has 1 aliphatic heterocycles. The topological polar surface area (TPSA) is 78.5 Å². The average Bonchev–Trinajstić information content (AvgIpc) is 3.27. The van der Waals surface area contributed by atoms with E-state index in [1.54, 1.807) is 11.8 Å². The van der Waals surface area contributed by atoms with Gasteiger partial charge in [0, 0.05) is 24.7 Å². The molecule has 1 aliphatic carbocycles. The van der Waals surface area contributed by atoms with Crippen LogP contribution in [0.2, 0.25) is 0 Å². The number of anilines is 1. The number of amides is 3. The molecule has 2 atom stereocenters. The summed E-state index contributed by atoms with van der Waals surface area (Å²) in [6.07, 6.45) is 2.20. The quantitative estimate of drug-likeness (QED) is 0.844. The molecule has 23 heavy (non-hydrogen) atoms. The molecule has 122 valence electrons. The lowest BCUT2D eigenvalue weighted by molar-refractivity contribution is -0.131. The van der Waals surface area contributed by atoms with Gasteiger partial charge in [-0.15, -0.1) is 0 Å². The molecule has 0 aromatic heterocycles. The summed E-state index contributed by atoms with van der Waals surface area (Å²) in [7, 11) is 0. The normalized spacial score (nSPS) is 21.9. The van der Waals surface area contributed by atoms with E-state index in [-0.39, 0.29) is 30.2 Å². The Morgan fingerprint density at radius 3 is 2.57 bits per heavy atom. The van der Waals surface area contributed by atoms with Gasteiger partial charge < -0.3 is 15.5 Å². The zero-order chi connectivity index (χ0) is 16.4. The van der Waals surface area contributed by atoms with Gasteiger partial charge in [-0.2, -0.15) is 0 Å². The summed E-state index contributed by atoms with van der Waals surface area (Å²) in [5.41, 5.74) is 0.798. The van der Waals surface area contributed by atoms with Crippen LogP contribution >= 0.6 is 0 Å². The van der Waals surface area contributed by atoms with Crippen molar-refractivity contribution in [1.82, 2.24) is 10.6 Å². The van der Waals surface area contributed by atoms with Gasteiger partial charge in [0.2, 0.25) is 17.7 Å². The van der Waals surface area contributed by atoms with Gasteiger partial charge >= 0.3 is 0 Å². The van der Waals surface area contributed by atoms with Crippen molar-refractivity contribution in [2.45, 2.75) is 38.3 Å². The summed E-state index contributed by atoms with van der Waals surface area (Å²) in [6.45, 7) is 2.02. The lowest BCUT2D eigenvalue weighted by Gasteiger charge is -2.18. The number of carbonyl (C=O) groups excluding carboxylic acids is 3. The molecule has 2 aliphatic rings. The third-order valence-electron chi connectivity index (χ3n) is 4.24. The van der Waals surface area contributed by atoms with E-state index in [1.165, 1.54) is 0 Å². The Labute approximate surface area is 135 Å². The molecule has 0 bridgehead atoms. The first kappa shape index (κ1) is 15.5. The first-order valence-electron chi connectivity index (χ1n) is 8.01. The van der Waals surface area contributed by atoms with Crippen LogP contribution in [0.4, 0.5) is 5.69 Å². The Hall–Kier alpha value is -2.37. The molecule has 0 radical (unpaired) electrons. The van der Waals surface area contributed by atoms with Crippen molar-refractivity contribution >= 4 is 23.4 Å². The minimum absolute atomic E-state index is 0.0635. The standard InChI is InChI=1S/C17H21N3O3/c1-11(16(22)19-13-7-8-13)18-17(23)12-9-15(21)20(10-12)14-5-3-2-4-6-14/h2-6,11-13H,7-10H2,1H3,(H,18,23)(H,19,22)/t11-,12?/m1/s1. The molecule has 3 rings (SSSR count). The minimum atomic E-state index is -0.580. The van der Waals surface area contributed by atoms with Gasteiger partial charge in [-0.1, -0.05) is 18.2 Å². The fourth-order valence-corrected chi connectivity index (χ4v) is 2.69. The number of nitrogens with one attached hydrogen (secondary N) is 2. The third kappa shape index (κ3) is 3.70. The zero-order valence-electron chi connectivity index (χ0n) is 13.1. The second-order valence-corrected chi connectivity index (χ2v) is 6.25. The number of hydrogen-bond donors (Lipinski definition) is 2. The summed E-state index contributed by atoms with van der Waals surface area (Å²) in [5.74, 6) is -0.884. The van der Waals surface area contributed by atoms with E-state index in [4.69, 9.17) is 0 Å². The van der Waals surface area contributed by atoms with Crippen LogP contribution in [-0.4, -0.2) is 36.3 Å². The Kier molecular flexibility index (Phi) is 4.32. The number of hydrogen-bond acceptors (Lipinski definition) is 3. The van der Waals surface area contributed by atoms with E-state index in [9.17, 15) is 14.4 Å². The summed E-state index contributed by atoms with van der Waals surface area (Å²) in [5, 5.41) is 5.58. The SMILES string of the molecule is C[C@@H](NC(=O)C1CC(=O)N(c2ccccc2)C1)C(=O)NC1CC1. The average molecular weight is 315 g/mol. The van der Waals surface area contributed by atoms with Gasteiger partial charge in [-0.3, -0.25) is 14.4 Å². The molecule has 1 unspecified atom stereocenters. The van der Waals surface area contributed by atoms with Gasteiger partial charge in [0.15, 0.2) is 0 Å². The van der Waals surface area contributed by atoms with E-state index in [1.807, 2.05) is 30.3 Å². The fraction of sp³-hybridized carbons (Fsp3) is 0.471. The summed E-state index contributed by atoms with van der Waals surface area (Å²) in [4.78, 5) is 38.0. The van der Waals surface area contributed by atoms with Crippen molar-refractivity contribution in [3.05, 3.63) is 30.3 Å². The van der Waals surface area contributed by atoms with Crippen LogP contribution in [0.1, 0.15) is 26.2 Å². The lowest BCUT2D eigenvalue weighted by atomic mass is 10.1. The summed E-state index contributed by atoms with van der Waals surface area (Å²) >= 11 is 0. The molecule has 6 nitrogen and oxygen atoms in total. The van der Waals surface area contributed by atoms with Crippen molar-refractivity contribution in [1.29, 1.82) is 0 Å². The molecule has 3 amide bonds. The van der Waals surface area contributed by atoms with Crippen LogP contribution in [-0.2, 0) is 14.4 Å². The second kappa shape index (κ2) is 6.40. The number of rotatable bonds is 5. The number of para-hydroxylation sites is 1. The lowest BCUT2D eigenvalue weighted by Crippen LogP contribution is -2.47. The monoisotopic (exact) mass is 315 g/mol. The highest BCUT2D eigenvalue weighted by Crippen LogP contribution is 2.25. The molecule has 1 aromatic rings. The van der Waals surface area contributed by atoms with Gasteiger partial charge in [-0.25, -0.2) is 0 Å². The number of benzene rings is 1. The van der Waals surface area contributed by atoms with Crippen LogP contribution in [0.25, 0.3) is 0 Å². The van der Waals surface area contributed by atoms with Crippen molar-refractivity contribution in [3.63, 3.8) is 0 Å². The van der Waals surface area contributed by atoms with Gasteiger partial charge in [0.1, 0.15) is 6.04 Å². The molecule has 1 aromatic carbocycles. The maximum Gasteiger partial charge on any atom is 0.242 e. The van der Waals surface area contributed by atoms with E-state index >= 15 is 0 Å². The molecular formula is C17H21N3O3. The van der Waals surface area contributed by atoms with Crippen molar-refractivity contribution in [2.24, 2.45) is 5.92 Å². The van der Waals surface area contributed by atoms with E-state index < -0.39 is 12.0 Å². The molecule has 2 N–H and O–H groups in total. The first-order chi connectivity index (χ1) is 11.0. The zero-order valence-corrected chi connectivity index (χ0v) is 13.1. The van der Waals surface area contributed by atoms with Crippen molar-refractivity contribution in [3.8, 4) is 0 Å². The highest BCUT2D eigenvalue weighted by molar-refractivity contribution is 6.01. The molecule has 1 heterocycles. The molecule has 2 fully saturated rings. The van der Waals surface area contributed by atoms with Crippen LogP contribution in [0.15, 0.2) is 30.3 Å². The van der Waals surface area contributed by atoms with Gasteiger partial charge in [-0.05, 0) is 31.9 Å². The molecular weight excluding hydrogens is 294 g/mol. The molecule has 1 saturated heterocycles. The predicted molar refractivity (Wildman–Crippen MR) is 85.7 cm³/mol. The Morgan fingerprint density at radius 1 is 1.22 bits per heavy atom. The van der Waals surface area contributed by atoms with Crippen LogP contribution in [0, 0.1) is 5.92 Å². The molecule has 6 heteroatoms. The van der Waals surface area contributed by atoms with Crippen molar-refractivity contribution < 1.29 is 14.4 Å². The van der Waals surface area contributed by atoms with Gasteiger partial charge in [0.05, 0.1) is 5.92 Å². The van der Waals surface area contributed by atoms with Gasteiger partial charge in [0.25, 0.3) is 0 Å². The van der Waals surface area contributed by atoms with Crippen LogP contribution in [0.3, 0.4) is 0 Å². The maximum atomic E-state index is 12.3. The Bertz CT molecular complexity index is 613. The number of nitrogens with zero attached hydrogens (tertiary/aromatic N) is 1. The van der Waals surface area contributed by atoms with Crippen molar-refractivity contribution in [2.75, 3.05) is 11.4 Å². The Morgan fingerprint density at radius 2 is 1.91 bits per heavy atom. The highest BCUT2D eigenvalue weighted by atomic mass is 16.2. The largest absolute Gasteiger partial charge is 0.352 e. The third-order valence-corrected chi connectivity index (χ3v) is 4.24. The minimum Gasteiger partial charge on any atom is -0.352 e. The summed E-state index contributed by atoms with van der Waals surface area (Å²) in [6, 6.07) is 9.00.